The van der Waals surface area contributed by atoms with Crippen LogP contribution in [0.15, 0.2) is 12.1 Å². The largest absolute Gasteiger partial charge is 0.506 e. The van der Waals surface area contributed by atoms with Gasteiger partial charge in [-0.3, -0.25) is 0 Å². The summed E-state index contributed by atoms with van der Waals surface area (Å²) in [5, 5.41) is 9.18. The van der Waals surface area contributed by atoms with Gasteiger partial charge in [-0.2, -0.15) is 0 Å². The molecule has 0 amide bonds. The lowest BCUT2D eigenvalue weighted by Gasteiger charge is -2.05. The molecule has 0 saturated heterocycles. The third kappa shape index (κ3) is 1.37. The monoisotopic (exact) mass is 152 g/mol. The molecule has 0 spiro atoms. The maximum Gasteiger partial charge on any atom is 0.138 e. The van der Waals surface area contributed by atoms with E-state index in [0.29, 0.717) is 11.4 Å². The molecule has 0 radical (unpaired) electrons. The van der Waals surface area contributed by atoms with Gasteiger partial charge in [-0.25, -0.2) is 0 Å². The highest BCUT2D eigenvalue weighted by atomic mass is 16.3. The first-order valence-corrected chi connectivity index (χ1v) is 3.52. The lowest BCUT2D eigenvalue weighted by Crippen LogP contribution is -1.95. The molecule has 60 valence electrons. The van der Waals surface area contributed by atoms with Gasteiger partial charge in [0, 0.05) is 5.69 Å². The molecule has 1 rings (SSSR count). The van der Waals surface area contributed by atoms with Crippen LogP contribution in [0.25, 0.3) is 0 Å². The second-order valence-electron chi connectivity index (χ2n) is 2.46. The normalized spacial score (nSPS) is 9.91. The molecule has 0 aliphatic rings. The van der Waals surface area contributed by atoms with Crippen LogP contribution < -0.4 is 11.5 Å². The van der Waals surface area contributed by atoms with Crippen molar-refractivity contribution >= 4 is 11.4 Å². The number of rotatable bonds is 1. The second-order valence-corrected chi connectivity index (χ2v) is 2.46. The molecule has 1 aromatic carbocycles. The van der Waals surface area contributed by atoms with E-state index in [1.54, 1.807) is 12.1 Å². The van der Waals surface area contributed by atoms with Crippen molar-refractivity contribution in [2.45, 2.75) is 13.3 Å². The van der Waals surface area contributed by atoms with Crippen LogP contribution in [0.4, 0.5) is 11.4 Å². The van der Waals surface area contributed by atoms with E-state index in [0.717, 1.165) is 12.0 Å². The van der Waals surface area contributed by atoms with Gasteiger partial charge in [-0.15, -0.1) is 0 Å². The van der Waals surface area contributed by atoms with E-state index >= 15 is 0 Å². The van der Waals surface area contributed by atoms with Gasteiger partial charge in [-0.05, 0) is 24.1 Å². The minimum absolute atomic E-state index is 0.107. The average Bonchev–Trinajstić information content (AvgIpc) is 1.97. The van der Waals surface area contributed by atoms with Crippen molar-refractivity contribution in [3.05, 3.63) is 17.7 Å². The summed E-state index contributed by atoms with van der Waals surface area (Å²) in [6.07, 6.45) is 0.805. The minimum atomic E-state index is 0.107. The van der Waals surface area contributed by atoms with E-state index in [1.165, 1.54) is 0 Å². The van der Waals surface area contributed by atoms with E-state index in [1.807, 2.05) is 6.92 Å². The van der Waals surface area contributed by atoms with E-state index in [4.69, 9.17) is 11.5 Å². The third-order valence-electron chi connectivity index (χ3n) is 1.67. The Balaban J connectivity index is 3.21. The topological polar surface area (TPSA) is 72.3 Å². The number of aromatic hydroxyl groups is 1. The molecule has 0 aromatic heterocycles. The number of nitrogens with two attached hydrogens (primary N) is 2. The summed E-state index contributed by atoms with van der Waals surface area (Å²) in [6, 6.07) is 3.18. The number of phenolic OH excluding ortho intramolecular Hbond substituents is 1. The number of phenols is 1. The fourth-order valence-electron chi connectivity index (χ4n) is 0.972. The van der Waals surface area contributed by atoms with Crippen molar-refractivity contribution in [3.8, 4) is 5.75 Å². The summed E-state index contributed by atoms with van der Waals surface area (Å²) in [4.78, 5) is 0. The van der Waals surface area contributed by atoms with E-state index in [2.05, 4.69) is 0 Å². The zero-order chi connectivity index (χ0) is 8.43. The predicted molar refractivity (Wildman–Crippen MR) is 46.3 cm³/mol. The molecule has 1 aromatic rings. The van der Waals surface area contributed by atoms with Gasteiger partial charge < -0.3 is 16.6 Å². The maximum atomic E-state index is 9.18. The highest BCUT2D eigenvalue weighted by Crippen LogP contribution is 2.26. The summed E-state index contributed by atoms with van der Waals surface area (Å²) in [7, 11) is 0. The van der Waals surface area contributed by atoms with Crippen LogP contribution in [0.5, 0.6) is 5.75 Å². The van der Waals surface area contributed by atoms with Crippen molar-refractivity contribution in [1.29, 1.82) is 0 Å². The van der Waals surface area contributed by atoms with Gasteiger partial charge in [0.05, 0.1) is 5.69 Å². The Morgan fingerprint density at radius 3 is 2.45 bits per heavy atom. The average molecular weight is 152 g/mol. The van der Waals surface area contributed by atoms with Crippen molar-refractivity contribution in [1.82, 2.24) is 0 Å². The van der Waals surface area contributed by atoms with Crippen LogP contribution in [-0.2, 0) is 6.42 Å². The smallest absolute Gasteiger partial charge is 0.138 e. The fourth-order valence-corrected chi connectivity index (χ4v) is 0.972. The molecule has 0 unspecified atom stereocenters. The molecule has 0 aliphatic heterocycles. The Morgan fingerprint density at radius 2 is 1.91 bits per heavy atom. The van der Waals surface area contributed by atoms with Gasteiger partial charge in [0.25, 0.3) is 0 Å². The van der Waals surface area contributed by atoms with Crippen molar-refractivity contribution in [3.63, 3.8) is 0 Å². The van der Waals surface area contributed by atoms with Crippen LogP contribution >= 0.6 is 0 Å². The first kappa shape index (κ1) is 7.72. The van der Waals surface area contributed by atoms with E-state index in [9.17, 15) is 5.11 Å². The first-order chi connectivity index (χ1) is 5.15. The Bertz CT molecular complexity index is 271. The number of benzene rings is 1. The summed E-state index contributed by atoms with van der Waals surface area (Å²) in [5.74, 6) is 0.107. The molecule has 0 bridgehead atoms. The highest BCUT2D eigenvalue weighted by molar-refractivity contribution is 5.63. The van der Waals surface area contributed by atoms with Gasteiger partial charge in [0.2, 0.25) is 0 Å². The summed E-state index contributed by atoms with van der Waals surface area (Å²) in [6.45, 7) is 1.97. The van der Waals surface area contributed by atoms with Crippen molar-refractivity contribution in [2.24, 2.45) is 0 Å². The van der Waals surface area contributed by atoms with Crippen molar-refractivity contribution < 1.29 is 5.11 Å². The van der Waals surface area contributed by atoms with Crippen LogP contribution in [0, 0.1) is 0 Å². The quantitative estimate of drug-likeness (QED) is 0.321. The Kier molecular flexibility index (Phi) is 1.89. The standard InChI is InChI=1S/C8H12N2O/c1-2-5-3-8(11)7(10)4-6(5)9/h3-4,11H,2,9-10H2,1H3. The maximum absolute atomic E-state index is 9.18. The van der Waals surface area contributed by atoms with Crippen LogP contribution in [0.2, 0.25) is 0 Å². The second kappa shape index (κ2) is 2.70. The van der Waals surface area contributed by atoms with Gasteiger partial charge in [0.1, 0.15) is 5.75 Å². The van der Waals surface area contributed by atoms with Gasteiger partial charge in [0.15, 0.2) is 0 Å². The zero-order valence-corrected chi connectivity index (χ0v) is 6.46. The Hall–Kier alpha value is -1.38. The third-order valence-corrected chi connectivity index (χ3v) is 1.67. The molecule has 3 heteroatoms. The molecule has 3 nitrogen and oxygen atoms in total. The lowest BCUT2D eigenvalue weighted by molar-refractivity contribution is 0.477. The molecule has 0 aliphatic carbocycles. The fraction of sp³-hybridized carbons (Fsp3) is 0.250. The molecule has 0 saturated carbocycles. The Labute approximate surface area is 65.6 Å². The lowest BCUT2D eigenvalue weighted by atomic mass is 10.1. The van der Waals surface area contributed by atoms with E-state index in [-0.39, 0.29) is 5.75 Å². The number of aryl methyl sites for hydroxylation is 1. The van der Waals surface area contributed by atoms with Crippen LogP contribution in [0.3, 0.4) is 0 Å². The zero-order valence-electron chi connectivity index (χ0n) is 6.46. The molecular weight excluding hydrogens is 140 g/mol. The summed E-state index contributed by atoms with van der Waals surface area (Å²) >= 11 is 0. The number of hydrogen-bond donors (Lipinski definition) is 3. The minimum Gasteiger partial charge on any atom is -0.506 e. The predicted octanol–water partition coefficient (Wildman–Crippen LogP) is 1.12. The number of hydrogen-bond acceptors (Lipinski definition) is 3. The molecule has 0 fully saturated rings. The molecule has 5 N–H and O–H groups in total. The Morgan fingerprint density at radius 1 is 1.27 bits per heavy atom. The van der Waals surface area contributed by atoms with Gasteiger partial charge >= 0.3 is 0 Å². The van der Waals surface area contributed by atoms with Crippen LogP contribution in [-0.4, -0.2) is 5.11 Å². The molecule has 0 heterocycles. The van der Waals surface area contributed by atoms with Crippen molar-refractivity contribution in [2.75, 3.05) is 11.5 Å². The summed E-state index contributed by atoms with van der Waals surface area (Å²) < 4.78 is 0. The van der Waals surface area contributed by atoms with Gasteiger partial charge in [-0.1, -0.05) is 6.92 Å². The number of nitrogen functional groups attached to an aromatic ring is 2. The molecule has 0 atom stereocenters. The molecule has 11 heavy (non-hydrogen) atoms. The summed E-state index contributed by atoms with van der Waals surface area (Å²) in [5.41, 5.74) is 12.9. The molecular formula is C8H12N2O. The van der Waals surface area contributed by atoms with Crippen LogP contribution in [0.1, 0.15) is 12.5 Å². The highest BCUT2D eigenvalue weighted by Gasteiger charge is 2.01. The first-order valence-electron chi connectivity index (χ1n) is 3.52. The van der Waals surface area contributed by atoms with E-state index < -0.39 is 0 Å². The SMILES string of the molecule is CCc1cc(O)c(N)cc1N. The number of anilines is 2.